The molecule has 3 heterocycles. The molecule has 13 rings (SSSR count). The molecular weight excluding hydrogens is 1090 g/mol. The lowest BCUT2D eigenvalue weighted by Crippen LogP contribution is -2.47. The van der Waals surface area contributed by atoms with Crippen LogP contribution in [0.15, 0.2) is 76.2 Å². The van der Waals surface area contributed by atoms with Crippen molar-refractivity contribution < 1.29 is 34.7 Å². The first-order valence-electron chi connectivity index (χ1n) is 32.8. The molecule has 84 heavy (non-hydrogen) atoms. The molecule has 6 bridgehead atoms. The molecule has 2 aromatic heterocycles. The molecule has 13 nitrogen and oxygen atoms in total. The predicted molar refractivity (Wildman–Crippen MR) is 338 cm³/mol. The maximum Gasteiger partial charge on any atom is 0.189 e. The Morgan fingerprint density at radius 1 is 0.869 bits per heavy atom. The minimum absolute atomic E-state index is 0.00701. The summed E-state index contributed by atoms with van der Waals surface area (Å²) in [5.41, 5.74) is 20.7. The van der Waals surface area contributed by atoms with Gasteiger partial charge in [-0.15, -0.1) is 0 Å². The SMILES string of the molecule is C[C@H](O)CNC[C@H]1c2cc([C@@H](O)COc3cc(CCc4cc(CO)c(CC[C@@H]5CC[C@H]6[C@H]7CSSC[C@@H](N=C(N)N[C@H]8CCC[C@H](c9ccc(O)cc9)C8)[C@@H](C)CC[C@H]6[C@H](C5)C[C@H]7N)o4)ccc3O)[nH]c2[C@H]2C=C[C@@]13CCC[C@@H]3C21CCCC1. The summed E-state index contributed by atoms with van der Waals surface area (Å²) in [6, 6.07) is 18.1. The molecule has 2 aromatic carbocycles. The van der Waals surface area contributed by atoms with Crippen molar-refractivity contribution in [2.45, 2.75) is 203 Å². The summed E-state index contributed by atoms with van der Waals surface area (Å²) >= 11 is 0. The number of guanidine groups is 1. The number of nitrogens with zero attached hydrogens (tertiary/aromatic N) is 1. The third-order valence-electron chi connectivity index (χ3n) is 22.8. The highest BCUT2D eigenvalue weighted by Crippen LogP contribution is 2.72. The highest BCUT2D eigenvalue weighted by molar-refractivity contribution is 8.76. The lowest BCUT2D eigenvalue weighted by molar-refractivity contribution is 0.0440. The normalized spacial score (nSPS) is 33.6. The first-order chi connectivity index (χ1) is 40.8. The minimum atomic E-state index is -0.919. The number of aromatic nitrogens is 1. The Morgan fingerprint density at radius 3 is 2.51 bits per heavy atom. The molecule has 1 aliphatic heterocycles. The molecule has 16 atom stereocenters. The summed E-state index contributed by atoms with van der Waals surface area (Å²) in [7, 11) is 3.96. The molecule has 8 aliphatic carbocycles. The number of aromatic hydroxyl groups is 2. The van der Waals surface area contributed by atoms with E-state index in [1.807, 2.05) is 46.7 Å². The van der Waals surface area contributed by atoms with Crippen LogP contribution in [0.3, 0.4) is 0 Å². The Hall–Kier alpha value is -4.09. The Morgan fingerprint density at radius 2 is 1.69 bits per heavy atom. The Labute approximate surface area is 507 Å². The number of H-pyrrole nitrogens is 1. The largest absolute Gasteiger partial charge is 0.508 e. The molecule has 6 fully saturated rings. The molecule has 12 N–H and O–H groups in total. The lowest BCUT2D eigenvalue weighted by atomic mass is 9.52. The summed E-state index contributed by atoms with van der Waals surface area (Å²) in [5, 5.41) is 60.8. The molecule has 5 saturated carbocycles. The zero-order valence-corrected chi connectivity index (χ0v) is 51.7. The molecule has 0 unspecified atom stereocenters. The van der Waals surface area contributed by atoms with Crippen molar-refractivity contribution in [2.75, 3.05) is 31.2 Å². The van der Waals surface area contributed by atoms with Gasteiger partial charge in [0.2, 0.25) is 0 Å². The fourth-order valence-corrected chi connectivity index (χ4v) is 21.5. The number of hydrogen-bond donors (Lipinski definition) is 10. The van der Waals surface area contributed by atoms with Gasteiger partial charge in [0, 0.05) is 78.3 Å². The number of ether oxygens (including phenoxy) is 1. The summed E-state index contributed by atoms with van der Waals surface area (Å²) in [5.74, 6) is 10.1. The van der Waals surface area contributed by atoms with E-state index in [2.05, 4.69) is 52.9 Å². The number of nitrogens with one attached hydrogen (secondary N) is 3. The zero-order valence-electron chi connectivity index (χ0n) is 50.1. The fraction of sp³-hybridized carbons (Fsp3) is 0.667. The number of phenols is 2. The Kier molecular flexibility index (Phi) is 18.9. The number of aliphatic imine (C=N–C) groups is 1. The maximum atomic E-state index is 11.8. The van der Waals surface area contributed by atoms with Gasteiger partial charge in [0.25, 0.3) is 0 Å². The van der Waals surface area contributed by atoms with Crippen molar-refractivity contribution in [2.24, 2.45) is 68.7 Å². The summed E-state index contributed by atoms with van der Waals surface area (Å²) in [4.78, 5) is 9.02. The number of aliphatic hydroxyl groups excluding tert-OH is 3. The lowest BCUT2D eigenvalue weighted by Gasteiger charge is -2.52. The van der Waals surface area contributed by atoms with Crippen LogP contribution in [0.5, 0.6) is 17.2 Å². The smallest absolute Gasteiger partial charge is 0.189 e. The maximum absolute atomic E-state index is 11.8. The van der Waals surface area contributed by atoms with Gasteiger partial charge >= 0.3 is 0 Å². The van der Waals surface area contributed by atoms with E-state index in [0.717, 1.165) is 97.8 Å². The van der Waals surface area contributed by atoms with Gasteiger partial charge in [0.1, 0.15) is 30.0 Å². The van der Waals surface area contributed by atoms with Crippen LogP contribution in [-0.2, 0) is 25.9 Å². The second kappa shape index (κ2) is 26.3. The van der Waals surface area contributed by atoms with Crippen LogP contribution in [0.2, 0.25) is 0 Å². The van der Waals surface area contributed by atoms with Crippen LogP contribution in [0.1, 0.15) is 198 Å². The van der Waals surface area contributed by atoms with Crippen LogP contribution < -0.4 is 26.8 Å². The second-order valence-electron chi connectivity index (χ2n) is 27.8. The first kappa shape index (κ1) is 60.2. The number of rotatable bonds is 18. The Bertz CT molecular complexity index is 2900. The molecule has 15 heteroatoms. The van der Waals surface area contributed by atoms with Crippen molar-refractivity contribution in [1.29, 1.82) is 0 Å². The van der Waals surface area contributed by atoms with E-state index in [0.29, 0.717) is 96.1 Å². The van der Waals surface area contributed by atoms with Crippen LogP contribution >= 0.6 is 21.6 Å². The van der Waals surface area contributed by atoms with E-state index < -0.39 is 12.2 Å². The van der Waals surface area contributed by atoms with Crippen molar-refractivity contribution in [3.63, 3.8) is 0 Å². The number of aromatic amines is 1. The molecule has 4 aromatic rings. The number of aliphatic hydroxyl groups is 3. The highest BCUT2D eigenvalue weighted by atomic mass is 33.1. The number of phenolic OH excluding ortho intramolecular Hbond substituents is 2. The van der Waals surface area contributed by atoms with Crippen molar-refractivity contribution in [1.82, 2.24) is 15.6 Å². The third kappa shape index (κ3) is 12.6. The molecular formula is C69H98N6O7S2. The molecule has 0 amide bonds. The van der Waals surface area contributed by atoms with E-state index in [1.54, 1.807) is 18.2 Å². The minimum Gasteiger partial charge on any atom is -0.508 e. The quantitative estimate of drug-likeness (QED) is 0.0194. The van der Waals surface area contributed by atoms with Crippen LogP contribution in [0, 0.1) is 52.3 Å². The van der Waals surface area contributed by atoms with E-state index in [-0.39, 0.29) is 47.8 Å². The highest BCUT2D eigenvalue weighted by Gasteiger charge is 2.63. The number of nitrogens with two attached hydrogens (primary N) is 2. The van der Waals surface area contributed by atoms with E-state index in [4.69, 9.17) is 25.6 Å². The monoisotopic (exact) mass is 1190 g/mol. The van der Waals surface area contributed by atoms with Gasteiger partial charge in [0.05, 0.1) is 18.8 Å². The van der Waals surface area contributed by atoms with Gasteiger partial charge in [0.15, 0.2) is 17.5 Å². The van der Waals surface area contributed by atoms with Crippen LogP contribution in [0.4, 0.5) is 0 Å². The molecule has 9 aliphatic rings. The summed E-state index contributed by atoms with van der Waals surface area (Å²) in [6.07, 6.45) is 27.1. The molecule has 0 radical (unpaired) electrons. The number of benzene rings is 2. The Balaban J connectivity index is 0.649. The number of aryl methyl sites for hydroxylation is 3. The number of allylic oxidation sites excluding steroid dienone is 2. The zero-order chi connectivity index (χ0) is 58.1. The average Bonchev–Trinajstić information content (AvgIpc) is 1.59. The first-order valence-corrected chi connectivity index (χ1v) is 35.3. The van der Waals surface area contributed by atoms with Crippen LogP contribution in [-0.4, -0.2) is 91.9 Å². The van der Waals surface area contributed by atoms with E-state index in [9.17, 15) is 25.5 Å². The van der Waals surface area contributed by atoms with E-state index in [1.165, 1.54) is 87.4 Å². The van der Waals surface area contributed by atoms with E-state index >= 15 is 0 Å². The van der Waals surface area contributed by atoms with Crippen molar-refractivity contribution >= 4 is 27.5 Å². The molecule has 458 valence electrons. The van der Waals surface area contributed by atoms with Gasteiger partial charge in [-0.2, -0.15) is 0 Å². The van der Waals surface area contributed by atoms with Crippen LogP contribution in [0.25, 0.3) is 0 Å². The summed E-state index contributed by atoms with van der Waals surface area (Å²) in [6.45, 7) is 5.50. The molecule has 2 spiro atoms. The average molecular weight is 1190 g/mol. The van der Waals surface area contributed by atoms with Gasteiger partial charge in [-0.1, -0.05) is 91.0 Å². The standard InChI is InChI=1S/C69H98N6O7S2/c1-41-10-20-52-47-29-43(12-21-53(52)55(58(70)33-47)39-83-84-40-60(41)75-67(71)73-49-8-5-7-46(31-49)45-15-17-50(78)18-16-45)14-23-63-48(37-76)32-51(82-63)19-11-44-13-22-61(79)64(30-44)81-38-62(80)59-34-54-57(36-72-35-42(2)77)69-27-6-9-65(69)68(25-3-4-26-68)56(24-28-69)66(54)74-59/h13,15-18,22,24,28,30,32,34,41-43,46-47,49,52-53,55-58,60,62,65,72,74,76-80H,3-12,14,19-21,23,25-27,29,31,33,35-40,70H2,1-2H3,(H3,71,73,75)/t41-,42-,43-,46-,47+,49-,52-,53+,55+,56+,57-,58+,60+,62-,65+,69-/m0/s1. The van der Waals surface area contributed by atoms with Gasteiger partial charge in [-0.05, 0) is 208 Å². The molecule has 1 saturated heterocycles. The topological polar surface area (TPSA) is 228 Å². The van der Waals surface area contributed by atoms with Gasteiger partial charge in [-0.25, -0.2) is 4.99 Å². The van der Waals surface area contributed by atoms with Crippen molar-refractivity contribution in [3.8, 4) is 17.2 Å². The van der Waals surface area contributed by atoms with Crippen molar-refractivity contribution in [3.05, 3.63) is 112 Å². The van der Waals surface area contributed by atoms with Gasteiger partial charge in [-0.3, -0.25) is 0 Å². The predicted octanol–water partition coefficient (Wildman–Crippen LogP) is 12.2. The number of hydrogen-bond acceptors (Lipinski definition) is 12. The fourth-order valence-electron chi connectivity index (χ4n) is 18.7. The third-order valence-corrected chi connectivity index (χ3v) is 25.3. The second-order valence-corrected chi connectivity index (χ2v) is 30.4. The summed E-state index contributed by atoms with van der Waals surface area (Å²) < 4.78 is 12.9. The number of furan rings is 1. The van der Waals surface area contributed by atoms with Gasteiger partial charge < -0.3 is 61.8 Å².